The highest BCUT2D eigenvalue weighted by Gasteiger charge is 2.25. The summed E-state index contributed by atoms with van der Waals surface area (Å²) in [6.45, 7) is 4.22. The average molecular weight is 219 g/mol. The number of hydrogen-bond donors (Lipinski definition) is 1. The molecule has 1 amide bonds. The third-order valence-corrected chi connectivity index (χ3v) is 2.76. The van der Waals surface area contributed by atoms with Crippen LogP contribution in [0, 0.1) is 0 Å². The lowest BCUT2D eigenvalue weighted by molar-refractivity contribution is 0.0996. The summed E-state index contributed by atoms with van der Waals surface area (Å²) in [5.41, 5.74) is 6.97. The Labute approximate surface area is 95.6 Å². The zero-order valence-corrected chi connectivity index (χ0v) is 9.69. The van der Waals surface area contributed by atoms with Gasteiger partial charge < -0.3 is 10.5 Å². The third-order valence-electron chi connectivity index (χ3n) is 2.76. The highest BCUT2D eigenvalue weighted by atomic mass is 16.5. The summed E-state index contributed by atoms with van der Waals surface area (Å²) in [5, 5.41) is 0. The minimum absolute atomic E-state index is 0.278. The topological polar surface area (TPSA) is 52.3 Å². The molecule has 2 N–H and O–H groups in total. The number of ether oxygens (including phenoxy) is 1. The van der Waals surface area contributed by atoms with E-state index >= 15 is 0 Å². The van der Waals surface area contributed by atoms with E-state index in [1.165, 1.54) is 5.56 Å². The molecule has 0 saturated heterocycles. The van der Waals surface area contributed by atoms with Gasteiger partial charge in [0.2, 0.25) is 0 Å². The molecular weight excluding hydrogens is 202 g/mol. The van der Waals surface area contributed by atoms with Crippen molar-refractivity contribution in [2.75, 3.05) is 0 Å². The number of primary amides is 1. The summed E-state index contributed by atoms with van der Waals surface area (Å²) in [4.78, 5) is 11.2. The maximum absolute atomic E-state index is 11.2. The number of carbonyl (C=O) groups is 1. The van der Waals surface area contributed by atoms with E-state index in [0.717, 1.165) is 12.8 Å². The van der Waals surface area contributed by atoms with Crippen LogP contribution >= 0.6 is 0 Å². The van der Waals surface area contributed by atoms with Crippen molar-refractivity contribution in [3.05, 3.63) is 29.3 Å². The molecule has 2 rings (SSSR count). The van der Waals surface area contributed by atoms with Crippen LogP contribution in [0.4, 0.5) is 0 Å². The Balaban J connectivity index is 2.33. The van der Waals surface area contributed by atoms with Crippen molar-refractivity contribution >= 4 is 5.91 Å². The molecule has 0 bridgehead atoms. The van der Waals surface area contributed by atoms with Gasteiger partial charge in [-0.3, -0.25) is 4.79 Å². The van der Waals surface area contributed by atoms with E-state index in [1.807, 2.05) is 12.1 Å². The first-order valence-corrected chi connectivity index (χ1v) is 5.68. The van der Waals surface area contributed by atoms with Crippen LogP contribution in [0.5, 0.6) is 5.75 Å². The van der Waals surface area contributed by atoms with Crippen molar-refractivity contribution in [2.45, 2.75) is 38.7 Å². The van der Waals surface area contributed by atoms with Crippen LogP contribution in [0.15, 0.2) is 18.2 Å². The van der Waals surface area contributed by atoms with Crippen molar-refractivity contribution in [1.29, 1.82) is 0 Å². The predicted molar refractivity (Wildman–Crippen MR) is 62.7 cm³/mol. The molecule has 0 aliphatic heterocycles. The van der Waals surface area contributed by atoms with Gasteiger partial charge in [0.1, 0.15) is 5.75 Å². The second-order valence-electron chi connectivity index (χ2n) is 4.59. The summed E-state index contributed by atoms with van der Waals surface area (Å²) in [7, 11) is 0. The van der Waals surface area contributed by atoms with Crippen LogP contribution in [0.1, 0.15) is 48.5 Å². The van der Waals surface area contributed by atoms with E-state index < -0.39 is 5.91 Å². The molecular formula is C13H17NO2. The number of carbonyl (C=O) groups excluding carboxylic acids is 1. The van der Waals surface area contributed by atoms with Gasteiger partial charge in [-0.25, -0.2) is 0 Å². The fourth-order valence-corrected chi connectivity index (χ4v) is 1.56. The maximum Gasteiger partial charge on any atom is 0.252 e. The molecule has 0 heterocycles. The lowest BCUT2D eigenvalue weighted by Gasteiger charge is -2.12. The number of benzene rings is 1. The molecule has 1 saturated carbocycles. The van der Waals surface area contributed by atoms with Gasteiger partial charge >= 0.3 is 0 Å². The highest BCUT2D eigenvalue weighted by Crippen LogP contribution is 2.31. The minimum atomic E-state index is -0.425. The van der Waals surface area contributed by atoms with E-state index in [0.29, 0.717) is 17.2 Å². The molecule has 0 unspecified atom stereocenters. The largest absolute Gasteiger partial charge is 0.490 e. The lowest BCUT2D eigenvalue weighted by atomic mass is 10.0. The van der Waals surface area contributed by atoms with E-state index in [9.17, 15) is 4.79 Å². The summed E-state index contributed by atoms with van der Waals surface area (Å²) in [6.07, 6.45) is 2.43. The molecule has 86 valence electrons. The molecule has 1 fully saturated rings. The Kier molecular flexibility index (Phi) is 2.86. The normalized spacial score (nSPS) is 15.2. The molecule has 0 aromatic heterocycles. The predicted octanol–water partition coefficient (Wildman–Crippen LogP) is 2.45. The maximum atomic E-state index is 11.2. The minimum Gasteiger partial charge on any atom is -0.490 e. The molecule has 1 aliphatic carbocycles. The molecule has 0 atom stereocenters. The second-order valence-corrected chi connectivity index (χ2v) is 4.59. The van der Waals surface area contributed by atoms with Crippen LogP contribution < -0.4 is 10.5 Å². The quantitative estimate of drug-likeness (QED) is 0.845. The summed E-state index contributed by atoms with van der Waals surface area (Å²) in [5.74, 6) is 0.635. The van der Waals surface area contributed by atoms with Gasteiger partial charge in [0.05, 0.1) is 11.7 Å². The number of nitrogens with two attached hydrogens (primary N) is 1. The van der Waals surface area contributed by atoms with Gasteiger partial charge in [0.15, 0.2) is 0 Å². The van der Waals surface area contributed by atoms with Crippen LogP contribution in [-0.2, 0) is 0 Å². The van der Waals surface area contributed by atoms with Gasteiger partial charge in [0, 0.05) is 0 Å². The smallest absolute Gasteiger partial charge is 0.252 e. The summed E-state index contributed by atoms with van der Waals surface area (Å²) >= 11 is 0. The van der Waals surface area contributed by atoms with Gasteiger partial charge in [0.25, 0.3) is 5.91 Å². The SMILES string of the molecule is CC(C)c1ccc(C(N)=O)c(OC2CC2)c1. The van der Waals surface area contributed by atoms with Crippen molar-refractivity contribution < 1.29 is 9.53 Å². The van der Waals surface area contributed by atoms with Crippen molar-refractivity contribution in [3.63, 3.8) is 0 Å². The molecule has 3 nitrogen and oxygen atoms in total. The fraction of sp³-hybridized carbons (Fsp3) is 0.462. The van der Waals surface area contributed by atoms with Gasteiger partial charge in [-0.05, 0) is 36.5 Å². The first-order valence-electron chi connectivity index (χ1n) is 5.68. The van der Waals surface area contributed by atoms with Gasteiger partial charge in [-0.1, -0.05) is 19.9 Å². The van der Waals surface area contributed by atoms with Gasteiger partial charge in [-0.2, -0.15) is 0 Å². The standard InChI is InChI=1S/C13H17NO2/c1-8(2)9-3-6-11(13(14)15)12(7-9)16-10-4-5-10/h3,6-8,10H,4-5H2,1-2H3,(H2,14,15). The Hall–Kier alpha value is -1.51. The Bertz CT molecular complexity index is 408. The van der Waals surface area contributed by atoms with Crippen molar-refractivity contribution in [2.24, 2.45) is 5.73 Å². The molecule has 1 aromatic carbocycles. The zero-order chi connectivity index (χ0) is 11.7. The van der Waals surface area contributed by atoms with Crippen LogP contribution in [-0.4, -0.2) is 12.0 Å². The van der Waals surface area contributed by atoms with Crippen LogP contribution in [0.2, 0.25) is 0 Å². The Morgan fingerprint density at radius 2 is 2.12 bits per heavy atom. The van der Waals surface area contributed by atoms with E-state index in [1.54, 1.807) is 6.07 Å². The van der Waals surface area contributed by atoms with Crippen LogP contribution in [0.3, 0.4) is 0 Å². The van der Waals surface area contributed by atoms with E-state index in [-0.39, 0.29) is 6.10 Å². The van der Waals surface area contributed by atoms with Crippen molar-refractivity contribution in [3.8, 4) is 5.75 Å². The molecule has 3 heteroatoms. The zero-order valence-electron chi connectivity index (χ0n) is 9.69. The Morgan fingerprint density at radius 1 is 1.44 bits per heavy atom. The monoisotopic (exact) mass is 219 g/mol. The van der Waals surface area contributed by atoms with Crippen LogP contribution in [0.25, 0.3) is 0 Å². The molecule has 1 aliphatic rings. The highest BCUT2D eigenvalue weighted by molar-refractivity contribution is 5.95. The lowest BCUT2D eigenvalue weighted by Crippen LogP contribution is -2.14. The van der Waals surface area contributed by atoms with E-state index in [4.69, 9.17) is 10.5 Å². The molecule has 0 spiro atoms. The molecule has 1 aromatic rings. The average Bonchev–Trinajstić information content (AvgIpc) is 3.01. The summed E-state index contributed by atoms with van der Waals surface area (Å²) < 4.78 is 5.71. The first-order chi connectivity index (χ1) is 7.58. The third kappa shape index (κ3) is 2.35. The van der Waals surface area contributed by atoms with Gasteiger partial charge in [-0.15, -0.1) is 0 Å². The first kappa shape index (κ1) is 11.0. The number of hydrogen-bond acceptors (Lipinski definition) is 2. The number of rotatable bonds is 4. The van der Waals surface area contributed by atoms with Crippen molar-refractivity contribution in [1.82, 2.24) is 0 Å². The fourth-order valence-electron chi connectivity index (χ4n) is 1.56. The molecule has 16 heavy (non-hydrogen) atoms. The molecule has 0 radical (unpaired) electrons. The van der Waals surface area contributed by atoms with E-state index in [2.05, 4.69) is 13.8 Å². The number of amides is 1. The second kappa shape index (κ2) is 4.16. The Morgan fingerprint density at radius 3 is 2.62 bits per heavy atom. The summed E-state index contributed by atoms with van der Waals surface area (Å²) in [6, 6.07) is 5.63.